The standard InChI is InChI=1S/C26H22FN3O4/c1-3-34-26(32)21-16-23(30(29-21)22-12-4-5-13-24(22)33-2)17-8-7-11-20(15-17)28-25(31)18-9-6-10-19(27)14-18/h4-16H,3H2,1-2H3,(H,28,31). The predicted molar refractivity (Wildman–Crippen MR) is 126 cm³/mol. The molecule has 1 N–H and O–H groups in total. The van der Waals surface area contributed by atoms with Crippen molar-refractivity contribution in [2.24, 2.45) is 0 Å². The van der Waals surface area contributed by atoms with Gasteiger partial charge in [-0.3, -0.25) is 4.79 Å². The Morgan fingerprint density at radius 1 is 1.00 bits per heavy atom. The Hall–Kier alpha value is -4.46. The lowest BCUT2D eigenvalue weighted by Gasteiger charge is -2.12. The minimum absolute atomic E-state index is 0.136. The number of carbonyl (C=O) groups excluding carboxylic acids is 2. The van der Waals surface area contributed by atoms with Crippen molar-refractivity contribution in [1.29, 1.82) is 0 Å². The molecule has 0 saturated heterocycles. The summed E-state index contributed by atoms with van der Waals surface area (Å²) in [6.45, 7) is 1.94. The number of hydrogen-bond acceptors (Lipinski definition) is 5. The normalized spacial score (nSPS) is 10.6. The number of amides is 1. The number of methoxy groups -OCH3 is 1. The van der Waals surface area contributed by atoms with Crippen molar-refractivity contribution in [3.63, 3.8) is 0 Å². The molecule has 34 heavy (non-hydrogen) atoms. The molecule has 0 atom stereocenters. The van der Waals surface area contributed by atoms with Crippen molar-refractivity contribution in [3.05, 3.63) is 95.9 Å². The Labute approximate surface area is 195 Å². The van der Waals surface area contributed by atoms with Crippen LogP contribution in [0.15, 0.2) is 78.9 Å². The molecule has 172 valence electrons. The second-order valence-corrected chi connectivity index (χ2v) is 7.26. The van der Waals surface area contributed by atoms with E-state index in [1.165, 1.54) is 24.3 Å². The fraction of sp³-hybridized carbons (Fsp3) is 0.115. The lowest BCUT2D eigenvalue weighted by atomic mass is 10.1. The van der Waals surface area contributed by atoms with Gasteiger partial charge in [0, 0.05) is 16.8 Å². The second-order valence-electron chi connectivity index (χ2n) is 7.26. The number of hydrogen-bond donors (Lipinski definition) is 1. The quantitative estimate of drug-likeness (QED) is 0.388. The van der Waals surface area contributed by atoms with E-state index in [1.54, 1.807) is 49.0 Å². The van der Waals surface area contributed by atoms with Crippen LogP contribution < -0.4 is 10.1 Å². The Balaban J connectivity index is 1.75. The monoisotopic (exact) mass is 459 g/mol. The van der Waals surface area contributed by atoms with Gasteiger partial charge in [-0.2, -0.15) is 5.10 Å². The molecule has 0 aliphatic rings. The molecule has 0 aliphatic carbocycles. The van der Waals surface area contributed by atoms with Gasteiger partial charge >= 0.3 is 5.97 Å². The highest BCUT2D eigenvalue weighted by Crippen LogP contribution is 2.30. The van der Waals surface area contributed by atoms with Gasteiger partial charge < -0.3 is 14.8 Å². The summed E-state index contributed by atoms with van der Waals surface area (Å²) >= 11 is 0. The van der Waals surface area contributed by atoms with Crippen molar-refractivity contribution in [2.75, 3.05) is 19.0 Å². The number of nitrogens with one attached hydrogen (secondary N) is 1. The first-order chi connectivity index (χ1) is 16.5. The van der Waals surface area contributed by atoms with Crippen molar-refractivity contribution in [1.82, 2.24) is 9.78 Å². The third-order valence-corrected chi connectivity index (χ3v) is 5.01. The summed E-state index contributed by atoms with van der Waals surface area (Å²) in [5, 5.41) is 7.24. The molecule has 8 heteroatoms. The van der Waals surface area contributed by atoms with Gasteiger partial charge in [-0.15, -0.1) is 0 Å². The average molecular weight is 459 g/mol. The van der Waals surface area contributed by atoms with Crippen molar-refractivity contribution in [2.45, 2.75) is 6.92 Å². The molecule has 0 spiro atoms. The number of aromatic nitrogens is 2. The number of para-hydroxylation sites is 2. The summed E-state index contributed by atoms with van der Waals surface area (Å²) in [5.41, 5.74) is 2.74. The molecule has 0 unspecified atom stereocenters. The largest absolute Gasteiger partial charge is 0.494 e. The molecule has 3 aromatic carbocycles. The van der Waals surface area contributed by atoms with E-state index in [4.69, 9.17) is 9.47 Å². The second kappa shape index (κ2) is 9.99. The van der Waals surface area contributed by atoms with Gasteiger partial charge in [-0.05, 0) is 55.5 Å². The zero-order valence-electron chi connectivity index (χ0n) is 18.6. The van der Waals surface area contributed by atoms with Crippen LogP contribution in [0.5, 0.6) is 5.75 Å². The molecule has 1 aromatic heterocycles. The van der Waals surface area contributed by atoms with E-state index >= 15 is 0 Å². The van der Waals surface area contributed by atoms with E-state index in [0.29, 0.717) is 28.4 Å². The van der Waals surface area contributed by atoms with Crippen molar-refractivity contribution >= 4 is 17.6 Å². The number of carbonyl (C=O) groups is 2. The first kappa shape index (κ1) is 22.7. The fourth-order valence-electron chi connectivity index (χ4n) is 3.47. The molecular weight excluding hydrogens is 437 g/mol. The van der Waals surface area contributed by atoms with Gasteiger partial charge in [0.2, 0.25) is 0 Å². The Bertz CT molecular complexity index is 1350. The van der Waals surface area contributed by atoms with Gasteiger partial charge in [0.15, 0.2) is 5.69 Å². The van der Waals surface area contributed by atoms with Crippen LogP contribution in [0.2, 0.25) is 0 Å². The number of anilines is 1. The fourth-order valence-corrected chi connectivity index (χ4v) is 3.47. The van der Waals surface area contributed by atoms with E-state index < -0.39 is 17.7 Å². The van der Waals surface area contributed by atoms with Crippen LogP contribution in [-0.2, 0) is 4.74 Å². The summed E-state index contributed by atoms with van der Waals surface area (Å²) in [4.78, 5) is 25.0. The number of esters is 1. The van der Waals surface area contributed by atoms with Gasteiger partial charge in [-0.1, -0.05) is 30.3 Å². The van der Waals surface area contributed by atoms with E-state index in [0.717, 1.165) is 0 Å². The summed E-state index contributed by atoms with van der Waals surface area (Å²) in [7, 11) is 1.55. The maximum Gasteiger partial charge on any atom is 0.358 e. The summed E-state index contributed by atoms with van der Waals surface area (Å²) in [6, 6.07) is 21.4. The Morgan fingerprint density at radius 3 is 2.56 bits per heavy atom. The summed E-state index contributed by atoms with van der Waals surface area (Å²) in [6.07, 6.45) is 0. The molecule has 1 amide bonds. The van der Waals surface area contributed by atoms with Crippen LogP contribution in [0.4, 0.5) is 10.1 Å². The van der Waals surface area contributed by atoms with E-state index in [9.17, 15) is 14.0 Å². The van der Waals surface area contributed by atoms with E-state index in [1.807, 2.05) is 24.3 Å². The molecule has 0 radical (unpaired) electrons. The topological polar surface area (TPSA) is 82.5 Å². The number of ether oxygens (including phenoxy) is 2. The zero-order chi connectivity index (χ0) is 24.1. The first-order valence-electron chi connectivity index (χ1n) is 10.6. The predicted octanol–water partition coefficient (Wildman–Crippen LogP) is 5.12. The number of halogens is 1. The molecule has 7 nitrogen and oxygen atoms in total. The van der Waals surface area contributed by atoms with Gasteiger partial charge in [0.05, 0.1) is 19.4 Å². The van der Waals surface area contributed by atoms with E-state index in [-0.39, 0.29) is 17.9 Å². The average Bonchev–Trinajstić information content (AvgIpc) is 3.30. The zero-order valence-corrected chi connectivity index (χ0v) is 18.6. The van der Waals surface area contributed by atoms with Crippen LogP contribution in [0.3, 0.4) is 0 Å². The number of rotatable bonds is 7. The molecule has 1 heterocycles. The third kappa shape index (κ3) is 4.80. The lowest BCUT2D eigenvalue weighted by Crippen LogP contribution is -2.12. The van der Waals surface area contributed by atoms with Crippen LogP contribution in [0, 0.1) is 5.82 Å². The van der Waals surface area contributed by atoms with Crippen molar-refractivity contribution < 1.29 is 23.5 Å². The Morgan fingerprint density at radius 2 is 1.79 bits per heavy atom. The van der Waals surface area contributed by atoms with Gasteiger partial charge in [-0.25, -0.2) is 13.9 Å². The Kier molecular flexibility index (Phi) is 6.68. The molecule has 4 rings (SSSR count). The maximum absolute atomic E-state index is 13.5. The lowest BCUT2D eigenvalue weighted by molar-refractivity contribution is 0.0518. The van der Waals surface area contributed by atoms with Crippen LogP contribution in [0.1, 0.15) is 27.8 Å². The smallest absolute Gasteiger partial charge is 0.358 e. The molecule has 0 bridgehead atoms. The highest BCUT2D eigenvalue weighted by molar-refractivity contribution is 6.04. The highest BCUT2D eigenvalue weighted by Gasteiger charge is 2.20. The molecular formula is C26H22FN3O4. The molecule has 4 aromatic rings. The minimum atomic E-state index is -0.548. The number of nitrogens with zero attached hydrogens (tertiary/aromatic N) is 2. The number of benzene rings is 3. The third-order valence-electron chi connectivity index (χ3n) is 5.01. The minimum Gasteiger partial charge on any atom is -0.494 e. The van der Waals surface area contributed by atoms with Crippen molar-refractivity contribution in [3.8, 4) is 22.7 Å². The highest BCUT2D eigenvalue weighted by atomic mass is 19.1. The molecule has 0 saturated carbocycles. The maximum atomic E-state index is 13.5. The van der Waals surface area contributed by atoms with Crippen LogP contribution in [-0.4, -0.2) is 35.4 Å². The summed E-state index contributed by atoms with van der Waals surface area (Å²) < 4.78 is 25.7. The first-order valence-corrected chi connectivity index (χ1v) is 10.6. The molecule has 0 fully saturated rings. The van der Waals surface area contributed by atoms with Gasteiger partial charge in [0.25, 0.3) is 5.91 Å². The SMILES string of the molecule is CCOC(=O)c1cc(-c2cccc(NC(=O)c3cccc(F)c3)c2)n(-c2ccccc2OC)n1. The molecule has 0 aliphatic heterocycles. The van der Waals surface area contributed by atoms with Gasteiger partial charge in [0.1, 0.15) is 17.3 Å². The summed E-state index contributed by atoms with van der Waals surface area (Å²) in [5.74, 6) is -0.915. The van der Waals surface area contributed by atoms with Crippen LogP contribution >= 0.6 is 0 Å². The van der Waals surface area contributed by atoms with E-state index in [2.05, 4.69) is 10.4 Å². The van der Waals surface area contributed by atoms with Crippen LogP contribution in [0.25, 0.3) is 16.9 Å².